The smallest absolute Gasteiger partial charge is 0.374 e. The number of carbonyl (C=O) groups is 2. The number of hydrogen-bond donors (Lipinski definition) is 2. The van der Waals surface area contributed by atoms with E-state index >= 15 is 0 Å². The fraction of sp³-hybridized carbons (Fsp3) is 0.364. The summed E-state index contributed by atoms with van der Waals surface area (Å²) in [6, 6.07) is 13.0. The van der Waals surface area contributed by atoms with E-state index < -0.39 is 22.9 Å². The summed E-state index contributed by atoms with van der Waals surface area (Å²) in [5.41, 5.74) is 0.368. The van der Waals surface area contributed by atoms with Gasteiger partial charge in [0.1, 0.15) is 0 Å². The molecule has 0 aliphatic carbocycles. The number of ether oxygens (including phenoxy) is 1. The van der Waals surface area contributed by atoms with E-state index in [2.05, 4.69) is 10.6 Å². The zero-order valence-electron chi connectivity index (χ0n) is 16.9. The number of anilines is 1. The minimum atomic E-state index is -4.48. The Morgan fingerprint density at radius 3 is 2.68 bits per heavy atom. The van der Waals surface area contributed by atoms with Gasteiger partial charge in [0.2, 0.25) is 11.8 Å². The molecule has 2 aromatic rings. The van der Waals surface area contributed by atoms with Crippen LogP contribution in [0.5, 0.6) is 0 Å². The van der Waals surface area contributed by atoms with Gasteiger partial charge in [0.25, 0.3) is 0 Å². The van der Waals surface area contributed by atoms with Crippen molar-refractivity contribution in [3.05, 3.63) is 59.7 Å². The lowest BCUT2D eigenvalue weighted by atomic mass is 10.1. The lowest BCUT2D eigenvalue weighted by molar-refractivity contribution is -0.137. The van der Waals surface area contributed by atoms with Crippen molar-refractivity contribution >= 4 is 29.3 Å². The second-order valence-corrected chi connectivity index (χ2v) is 8.38. The van der Waals surface area contributed by atoms with E-state index in [9.17, 15) is 22.8 Å². The molecule has 9 heteroatoms. The summed E-state index contributed by atoms with van der Waals surface area (Å²) in [5.74, 6) is -0.772. The van der Waals surface area contributed by atoms with Crippen molar-refractivity contribution in [2.45, 2.75) is 42.2 Å². The molecule has 0 aromatic heterocycles. The first kappa shape index (κ1) is 23.1. The molecule has 0 spiro atoms. The van der Waals surface area contributed by atoms with E-state index in [0.717, 1.165) is 29.5 Å². The molecule has 2 atom stereocenters. The Kier molecular flexibility index (Phi) is 7.61. The molecular weight excluding hydrogens is 429 g/mol. The van der Waals surface area contributed by atoms with Gasteiger partial charge in [-0.1, -0.05) is 30.3 Å². The van der Waals surface area contributed by atoms with Gasteiger partial charge >= 0.3 is 6.18 Å². The number of amides is 2. The lowest BCUT2D eigenvalue weighted by Gasteiger charge is -2.24. The number of rotatable bonds is 8. The van der Waals surface area contributed by atoms with Gasteiger partial charge < -0.3 is 15.4 Å². The average molecular weight is 452 g/mol. The number of carbonyl (C=O) groups excluding carboxylic acids is 2. The third-order valence-electron chi connectivity index (χ3n) is 4.78. The van der Waals surface area contributed by atoms with Crippen LogP contribution in [0.2, 0.25) is 0 Å². The standard InChI is InChI=1S/C22H23F3N2O3S/c1-14(15-6-3-2-4-7-15)30-11-5-10-26-20(28)13-19-21(29)27-17-12-16(22(23,24)25)8-9-18(17)31-19/h2-4,6-9,12,14,19H,5,10-11,13H2,1H3,(H,26,28)(H,27,29). The van der Waals surface area contributed by atoms with E-state index in [1.54, 1.807) is 0 Å². The summed E-state index contributed by atoms with van der Waals surface area (Å²) in [7, 11) is 0. The van der Waals surface area contributed by atoms with Gasteiger partial charge in [-0.3, -0.25) is 9.59 Å². The minimum Gasteiger partial charge on any atom is -0.374 e. The van der Waals surface area contributed by atoms with Crippen molar-refractivity contribution in [1.82, 2.24) is 5.32 Å². The first-order valence-corrected chi connectivity index (χ1v) is 10.7. The maximum atomic E-state index is 12.8. The Morgan fingerprint density at radius 1 is 1.23 bits per heavy atom. The molecule has 31 heavy (non-hydrogen) atoms. The molecule has 0 saturated heterocycles. The van der Waals surface area contributed by atoms with Crippen molar-refractivity contribution in [3.8, 4) is 0 Å². The molecule has 0 saturated carbocycles. The van der Waals surface area contributed by atoms with Crippen LogP contribution < -0.4 is 10.6 Å². The van der Waals surface area contributed by atoms with Crippen LogP contribution in [0.3, 0.4) is 0 Å². The quantitative estimate of drug-likeness (QED) is 0.565. The van der Waals surface area contributed by atoms with Gasteiger partial charge in [-0.2, -0.15) is 13.2 Å². The van der Waals surface area contributed by atoms with Gasteiger partial charge in [0.15, 0.2) is 0 Å². The van der Waals surface area contributed by atoms with E-state index in [1.807, 2.05) is 37.3 Å². The van der Waals surface area contributed by atoms with Crippen LogP contribution in [-0.2, 0) is 20.5 Å². The van der Waals surface area contributed by atoms with E-state index in [4.69, 9.17) is 4.74 Å². The van der Waals surface area contributed by atoms with Crippen molar-refractivity contribution in [1.29, 1.82) is 0 Å². The summed E-state index contributed by atoms with van der Waals surface area (Å²) < 4.78 is 44.2. The first-order valence-electron chi connectivity index (χ1n) is 9.86. The van der Waals surface area contributed by atoms with Crippen molar-refractivity contribution in [2.24, 2.45) is 0 Å². The molecule has 1 aliphatic rings. The highest BCUT2D eigenvalue weighted by Crippen LogP contribution is 2.40. The fourth-order valence-electron chi connectivity index (χ4n) is 3.08. The van der Waals surface area contributed by atoms with Crippen molar-refractivity contribution in [3.63, 3.8) is 0 Å². The molecule has 1 aliphatic heterocycles. The second-order valence-electron chi connectivity index (χ2n) is 7.14. The Hall–Kier alpha value is -2.52. The van der Waals surface area contributed by atoms with Crippen LogP contribution in [0.25, 0.3) is 0 Å². The van der Waals surface area contributed by atoms with E-state index in [1.165, 1.54) is 6.07 Å². The topological polar surface area (TPSA) is 67.4 Å². The number of hydrogen-bond acceptors (Lipinski definition) is 4. The molecule has 5 nitrogen and oxygen atoms in total. The maximum absolute atomic E-state index is 12.8. The van der Waals surface area contributed by atoms with Gasteiger partial charge in [-0.05, 0) is 37.1 Å². The number of thioether (sulfide) groups is 1. The monoisotopic (exact) mass is 452 g/mol. The summed E-state index contributed by atoms with van der Waals surface area (Å²) >= 11 is 1.09. The second kappa shape index (κ2) is 10.2. The third-order valence-corrected chi connectivity index (χ3v) is 6.05. The number of fused-ring (bicyclic) bond motifs is 1. The fourth-order valence-corrected chi connectivity index (χ4v) is 4.17. The predicted molar refractivity (Wildman–Crippen MR) is 113 cm³/mol. The molecule has 0 radical (unpaired) electrons. The molecule has 2 amide bonds. The van der Waals surface area contributed by atoms with E-state index in [-0.39, 0.29) is 24.1 Å². The Morgan fingerprint density at radius 2 is 1.97 bits per heavy atom. The number of nitrogens with one attached hydrogen (secondary N) is 2. The highest BCUT2D eigenvalue weighted by atomic mass is 32.2. The summed E-state index contributed by atoms with van der Waals surface area (Å²) in [4.78, 5) is 24.9. The van der Waals surface area contributed by atoms with Crippen LogP contribution in [0, 0.1) is 0 Å². The molecule has 0 bridgehead atoms. The SMILES string of the molecule is CC(OCCCNC(=O)CC1Sc2ccc(C(F)(F)F)cc2NC1=O)c1ccccc1. The molecule has 3 rings (SSSR count). The summed E-state index contributed by atoms with van der Waals surface area (Å²) in [5, 5.41) is 4.53. The molecule has 0 fully saturated rings. The van der Waals surface area contributed by atoms with Crippen LogP contribution in [0.4, 0.5) is 18.9 Å². The molecule has 1 heterocycles. The average Bonchev–Trinajstić information content (AvgIpc) is 2.73. The summed E-state index contributed by atoms with van der Waals surface area (Å²) in [6.07, 6.45) is -3.96. The zero-order valence-corrected chi connectivity index (χ0v) is 17.7. The van der Waals surface area contributed by atoms with Crippen molar-refractivity contribution < 1.29 is 27.5 Å². The van der Waals surface area contributed by atoms with Gasteiger partial charge in [-0.15, -0.1) is 11.8 Å². The molecule has 166 valence electrons. The Bertz CT molecular complexity index is 922. The van der Waals surface area contributed by atoms with E-state index in [0.29, 0.717) is 24.5 Å². The normalized spacial score (nSPS) is 16.9. The van der Waals surface area contributed by atoms with Crippen LogP contribution in [-0.4, -0.2) is 30.2 Å². The molecular formula is C22H23F3N2O3S. The Balaban J connectivity index is 1.41. The number of halogens is 3. The maximum Gasteiger partial charge on any atom is 0.416 e. The molecule has 2 unspecified atom stereocenters. The third kappa shape index (κ3) is 6.48. The number of alkyl halides is 3. The Labute approximate surface area is 182 Å². The zero-order chi connectivity index (χ0) is 22.4. The first-order chi connectivity index (χ1) is 14.7. The highest BCUT2D eigenvalue weighted by Gasteiger charge is 2.34. The molecule has 2 N–H and O–H groups in total. The van der Waals surface area contributed by atoms with Crippen LogP contribution in [0.15, 0.2) is 53.4 Å². The van der Waals surface area contributed by atoms with Crippen molar-refractivity contribution in [2.75, 3.05) is 18.5 Å². The summed E-state index contributed by atoms with van der Waals surface area (Å²) in [6.45, 7) is 2.84. The predicted octanol–water partition coefficient (Wildman–Crippen LogP) is 4.79. The highest BCUT2D eigenvalue weighted by molar-refractivity contribution is 8.01. The van der Waals surface area contributed by atoms with Crippen LogP contribution >= 0.6 is 11.8 Å². The number of benzene rings is 2. The lowest BCUT2D eigenvalue weighted by Crippen LogP contribution is -2.35. The van der Waals surface area contributed by atoms with Gasteiger partial charge in [-0.25, -0.2) is 0 Å². The van der Waals surface area contributed by atoms with Gasteiger partial charge in [0, 0.05) is 24.5 Å². The largest absolute Gasteiger partial charge is 0.416 e. The van der Waals surface area contributed by atoms with Crippen LogP contribution in [0.1, 0.15) is 37.0 Å². The minimum absolute atomic E-state index is 0.0443. The molecule has 2 aromatic carbocycles. The van der Waals surface area contributed by atoms with Gasteiger partial charge in [0.05, 0.1) is 22.6 Å².